The van der Waals surface area contributed by atoms with Gasteiger partial charge in [0.25, 0.3) is 0 Å². The number of hydrogen-bond acceptors (Lipinski definition) is 4. The first-order valence-corrected chi connectivity index (χ1v) is 8.79. The molecule has 1 atom stereocenters. The number of anilines is 2. The lowest BCUT2D eigenvalue weighted by Crippen LogP contribution is -2.28. The molecule has 1 fully saturated rings. The highest BCUT2D eigenvalue weighted by Crippen LogP contribution is 2.27. The highest BCUT2D eigenvalue weighted by molar-refractivity contribution is 8.03. The molecular formula is C18H14ClN3O2S. The first-order valence-electron chi connectivity index (χ1n) is 7.59. The topological polar surface area (TPSA) is 73.2 Å². The van der Waals surface area contributed by atoms with Crippen molar-refractivity contribution in [1.82, 2.24) is 0 Å². The van der Waals surface area contributed by atoms with Crippen LogP contribution < -0.4 is 10.2 Å². The average molecular weight is 372 g/mol. The van der Waals surface area contributed by atoms with Crippen LogP contribution in [-0.4, -0.2) is 18.4 Å². The standard InChI is InChI=1S/C18H14ClN3O2S/c19-13-1-5-15(6-2-13)22-10-12(9-17(22)23)18(24)21-14-3-7-16(8-4-14)25-11-20/h1-8,12H,9-10H2,(H,21,24). The molecule has 2 amide bonds. The van der Waals surface area contributed by atoms with Crippen molar-refractivity contribution in [2.75, 3.05) is 16.8 Å². The van der Waals surface area contributed by atoms with Gasteiger partial charge in [0.15, 0.2) is 0 Å². The van der Waals surface area contributed by atoms with Crippen molar-refractivity contribution in [2.24, 2.45) is 5.92 Å². The molecule has 1 N–H and O–H groups in total. The van der Waals surface area contributed by atoms with E-state index in [4.69, 9.17) is 16.9 Å². The lowest BCUT2D eigenvalue weighted by atomic mass is 10.1. The molecule has 1 heterocycles. The molecule has 3 rings (SSSR count). The number of nitrogens with zero attached hydrogens (tertiary/aromatic N) is 2. The summed E-state index contributed by atoms with van der Waals surface area (Å²) in [6, 6.07) is 14.0. The van der Waals surface area contributed by atoms with E-state index in [1.54, 1.807) is 53.4 Å². The number of hydrogen-bond donors (Lipinski definition) is 1. The van der Waals surface area contributed by atoms with E-state index in [9.17, 15) is 9.59 Å². The number of carbonyl (C=O) groups excluding carboxylic acids is 2. The highest BCUT2D eigenvalue weighted by Gasteiger charge is 2.35. The quantitative estimate of drug-likeness (QED) is 0.653. The Hall–Kier alpha value is -2.49. The van der Waals surface area contributed by atoms with Crippen LogP contribution in [0.4, 0.5) is 11.4 Å². The highest BCUT2D eigenvalue weighted by atomic mass is 35.5. The summed E-state index contributed by atoms with van der Waals surface area (Å²) in [6.45, 7) is 0.342. The minimum atomic E-state index is -0.406. The normalized spacial score (nSPS) is 16.6. The molecule has 2 aromatic carbocycles. The molecule has 0 bridgehead atoms. The van der Waals surface area contributed by atoms with Gasteiger partial charge in [-0.1, -0.05) is 11.6 Å². The van der Waals surface area contributed by atoms with E-state index in [0.29, 0.717) is 17.3 Å². The van der Waals surface area contributed by atoms with E-state index in [0.717, 1.165) is 22.3 Å². The maximum absolute atomic E-state index is 12.4. The van der Waals surface area contributed by atoms with Crippen LogP contribution in [0.15, 0.2) is 53.4 Å². The van der Waals surface area contributed by atoms with Gasteiger partial charge in [-0.05, 0) is 60.3 Å². The number of thiocyanates is 1. The SMILES string of the molecule is N#CSc1ccc(NC(=O)C2CC(=O)N(c3ccc(Cl)cc3)C2)cc1. The minimum Gasteiger partial charge on any atom is -0.326 e. The Bertz CT molecular complexity index is 831. The predicted octanol–water partition coefficient (Wildman–Crippen LogP) is 3.90. The minimum absolute atomic E-state index is 0.0803. The molecule has 126 valence electrons. The summed E-state index contributed by atoms with van der Waals surface area (Å²) in [6.07, 6.45) is 0.177. The molecule has 0 aromatic heterocycles. The number of carbonyl (C=O) groups is 2. The summed E-state index contributed by atoms with van der Waals surface area (Å²) in [5.41, 5.74) is 1.38. The summed E-state index contributed by atoms with van der Waals surface area (Å²) in [5.74, 6) is -0.676. The van der Waals surface area contributed by atoms with Gasteiger partial charge < -0.3 is 10.2 Å². The summed E-state index contributed by atoms with van der Waals surface area (Å²) >= 11 is 6.93. The van der Waals surface area contributed by atoms with Crippen LogP contribution in [-0.2, 0) is 9.59 Å². The molecule has 2 aromatic rings. The Morgan fingerprint density at radius 3 is 2.52 bits per heavy atom. The predicted molar refractivity (Wildman–Crippen MR) is 98.5 cm³/mol. The van der Waals surface area contributed by atoms with Crippen molar-refractivity contribution in [3.8, 4) is 5.40 Å². The summed E-state index contributed by atoms with van der Waals surface area (Å²) in [5, 5.41) is 14.1. The second-order valence-electron chi connectivity index (χ2n) is 5.59. The van der Waals surface area contributed by atoms with Gasteiger partial charge in [-0.3, -0.25) is 9.59 Å². The molecule has 25 heavy (non-hydrogen) atoms. The Morgan fingerprint density at radius 2 is 1.88 bits per heavy atom. The zero-order chi connectivity index (χ0) is 17.8. The van der Waals surface area contributed by atoms with Gasteiger partial charge >= 0.3 is 0 Å². The monoisotopic (exact) mass is 371 g/mol. The molecule has 1 saturated heterocycles. The largest absolute Gasteiger partial charge is 0.326 e. The van der Waals surface area contributed by atoms with Crippen LogP contribution in [0.2, 0.25) is 5.02 Å². The third-order valence-electron chi connectivity index (χ3n) is 3.92. The van der Waals surface area contributed by atoms with Gasteiger partial charge in [0, 0.05) is 34.3 Å². The molecule has 1 unspecified atom stereocenters. The first kappa shape index (κ1) is 17.3. The van der Waals surface area contributed by atoms with Crippen molar-refractivity contribution in [3.05, 3.63) is 53.6 Å². The van der Waals surface area contributed by atoms with Gasteiger partial charge in [-0.2, -0.15) is 5.26 Å². The molecule has 5 nitrogen and oxygen atoms in total. The number of nitriles is 1. The third kappa shape index (κ3) is 4.13. The lowest BCUT2D eigenvalue weighted by molar-refractivity contribution is -0.122. The average Bonchev–Trinajstić information content (AvgIpc) is 3.00. The van der Waals surface area contributed by atoms with Crippen LogP contribution in [0.25, 0.3) is 0 Å². The van der Waals surface area contributed by atoms with Crippen LogP contribution in [0.1, 0.15) is 6.42 Å². The summed E-state index contributed by atoms with van der Waals surface area (Å²) in [4.78, 5) is 27.1. The second-order valence-corrected chi connectivity index (χ2v) is 6.88. The van der Waals surface area contributed by atoms with Crippen molar-refractivity contribution >= 4 is 46.6 Å². The molecule has 0 spiro atoms. The Kier molecular flexibility index (Phi) is 5.27. The lowest BCUT2D eigenvalue weighted by Gasteiger charge is -2.16. The van der Waals surface area contributed by atoms with Gasteiger partial charge in [0.1, 0.15) is 5.40 Å². The molecule has 0 radical (unpaired) electrons. The van der Waals surface area contributed by atoms with E-state index in [1.807, 2.05) is 5.40 Å². The number of rotatable bonds is 4. The fraction of sp³-hybridized carbons (Fsp3) is 0.167. The van der Waals surface area contributed by atoms with Gasteiger partial charge in [-0.15, -0.1) is 0 Å². The number of nitrogens with one attached hydrogen (secondary N) is 1. The zero-order valence-corrected chi connectivity index (χ0v) is 14.7. The summed E-state index contributed by atoms with van der Waals surface area (Å²) in [7, 11) is 0. The van der Waals surface area contributed by atoms with Crippen LogP contribution >= 0.6 is 23.4 Å². The Balaban J connectivity index is 1.64. The Morgan fingerprint density at radius 1 is 1.20 bits per heavy atom. The Labute approximate surface area is 154 Å². The molecule has 1 aliphatic rings. The maximum Gasteiger partial charge on any atom is 0.229 e. The van der Waals surface area contributed by atoms with Crippen molar-refractivity contribution in [1.29, 1.82) is 5.26 Å². The van der Waals surface area contributed by atoms with E-state index < -0.39 is 5.92 Å². The maximum atomic E-state index is 12.4. The van der Waals surface area contributed by atoms with E-state index >= 15 is 0 Å². The van der Waals surface area contributed by atoms with Gasteiger partial charge in [0.05, 0.1) is 5.92 Å². The zero-order valence-electron chi connectivity index (χ0n) is 13.1. The fourth-order valence-corrected chi connectivity index (χ4v) is 3.16. The van der Waals surface area contributed by atoms with E-state index in [1.165, 1.54) is 0 Å². The molecule has 1 aliphatic heterocycles. The number of benzene rings is 2. The number of thioether (sulfide) groups is 1. The van der Waals surface area contributed by atoms with E-state index in [2.05, 4.69) is 5.32 Å². The van der Waals surface area contributed by atoms with Gasteiger partial charge in [0.2, 0.25) is 11.8 Å². The number of amides is 2. The molecular weight excluding hydrogens is 358 g/mol. The van der Waals surface area contributed by atoms with Crippen LogP contribution in [0, 0.1) is 16.6 Å². The summed E-state index contributed by atoms with van der Waals surface area (Å²) < 4.78 is 0. The molecule has 0 aliphatic carbocycles. The molecule has 0 saturated carbocycles. The first-order chi connectivity index (χ1) is 12.1. The third-order valence-corrected chi connectivity index (χ3v) is 4.77. The van der Waals surface area contributed by atoms with E-state index in [-0.39, 0.29) is 18.2 Å². The van der Waals surface area contributed by atoms with Crippen LogP contribution in [0.3, 0.4) is 0 Å². The van der Waals surface area contributed by atoms with Crippen molar-refractivity contribution < 1.29 is 9.59 Å². The van der Waals surface area contributed by atoms with Crippen LogP contribution in [0.5, 0.6) is 0 Å². The molecule has 7 heteroatoms. The smallest absolute Gasteiger partial charge is 0.229 e. The van der Waals surface area contributed by atoms with Gasteiger partial charge in [-0.25, -0.2) is 0 Å². The number of halogens is 1. The van der Waals surface area contributed by atoms with Crippen molar-refractivity contribution in [3.63, 3.8) is 0 Å². The van der Waals surface area contributed by atoms with Crippen molar-refractivity contribution in [2.45, 2.75) is 11.3 Å². The second kappa shape index (κ2) is 7.60. The fourth-order valence-electron chi connectivity index (χ4n) is 2.66.